The molecule has 1 N–H and O–H groups in total. The van der Waals surface area contributed by atoms with Gasteiger partial charge >= 0.3 is 13.9 Å². The van der Waals surface area contributed by atoms with Crippen LogP contribution in [0.4, 0.5) is 0 Å². The Bertz CT molecular complexity index is 849. The van der Waals surface area contributed by atoms with Gasteiger partial charge in [0, 0.05) is 13.1 Å². The minimum absolute atomic E-state index is 0.307. The van der Waals surface area contributed by atoms with Crippen molar-refractivity contribution < 1.29 is 14.2 Å². The van der Waals surface area contributed by atoms with Gasteiger partial charge < -0.3 is 5.11 Å². The number of benzene rings is 3. The molecule has 0 aliphatic rings. The van der Waals surface area contributed by atoms with Crippen LogP contribution in [0.15, 0.2) is 91.0 Å². The number of hydrogen-bond donors (Lipinski definition) is 1. The van der Waals surface area contributed by atoms with Gasteiger partial charge in [-0.25, -0.2) is 0 Å². The van der Waals surface area contributed by atoms with Crippen molar-refractivity contribution in [1.82, 2.24) is 4.90 Å². The predicted molar refractivity (Wildman–Crippen MR) is 121 cm³/mol. The lowest BCUT2D eigenvalue weighted by molar-refractivity contribution is 0.0772. The van der Waals surface area contributed by atoms with Crippen molar-refractivity contribution in [3.8, 4) is 0 Å². The van der Waals surface area contributed by atoms with Gasteiger partial charge in [-0.15, -0.1) is 4.52 Å². The topological polar surface area (TPSA) is 49.8 Å². The number of aliphatic hydroxyl groups is 1. The molecule has 3 aromatic rings. The maximum absolute atomic E-state index is 12.6. The Hall–Kier alpha value is -2.36. The van der Waals surface area contributed by atoms with Crippen molar-refractivity contribution in [2.75, 3.05) is 6.61 Å². The summed E-state index contributed by atoms with van der Waals surface area (Å²) in [5.74, 6) is -1.09. The van der Waals surface area contributed by atoms with E-state index in [0.29, 0.717) is 26.1 Å². The van der Waals surface area contributed by atoms with Gasteiger partial charge in [0.15, 0.2) is 0 Å². The van der Waals surface area contributed by atoms with Gasteiger partial charge in [-0.2, -0.15) is 0 Å². The van der Waals surface area contributed by atoms with Gasteiger partial charge in [0.25, 0.3) is 0 Å². The zero-order valence-corrected chi connectivity index (χ0v) is 18.2. The third kappa shape index (κ3) is 6.58. The molecule has 0 aromatic heterocycles. The Morgan fingerprint density at radius 2 is 1.23 bits per heavy atom. The smallest absolute Gasteiger partial charge is 0.347 e. The summed E-state index contributed by atoms with van der Waals surface area (Å²) in [7, 11) is -2.20. The fraction of sp³-hybridized carbons (Fsp3) is 0.280. The van der Waals surface area contributed by atoms with Crippen LogP contribution in [0.3, 0.4) is 0 Å². The van der Waals surface area contributed by atoms with Gasteiger partial charge in [0.1, 0.15) is 0 Å². The second-order valence-corrected chi connectivity index (χ2v) is 8.61. The first-order valence-corrected chi connectivity index (χ1v) is 11.5. The maximum atomic E-state index is 12.6. The molecule has 3 aromatic carbocycles. The fourth-order valence-electron chi connectivity index (χ4n) is 3.55. The first-order chi connectivity index (χ1) is 14.7. The molecular formula is C25H29NO3P+. The van der Waals surface area contributed by atoms with E-state index in [4.69, 9.17) is 4.52 Å². The van der Waals surface area contributed by atoms with E-state index < -0.39 is 13.9 Å². The van der Waals surface area contributed by atoms with Crippen molar-refractivity contribution in [3.05, 3.63) is 108 Å². The monoisotopic (exact) mass is 422 g/mol. The van der Waals surface area contributed by atoms with Crippen molar-refractivity contribution in [2.45, 2.75) is 38.3 Å². The van der Waals surface area contributed by atoms with Crippen LogP contribution in [-0.4, -0.2) is 28.5 Å². The lowest BCUT2D eigenvalue weighted by atomic mass is 10.0. The molecule has 0 radical (unpaired) electrons. The predicted octanol–water partition coefficient (Wildman–Crippen LogP) is 5.40. The molecule has 1 unspecified atom stereocenters. The number of nitrogens with zero attached hydrogens (tertiary/aromatic N) is 1. The van der Waals surface area contributed by atoms with Gasteiger partial charge in [-0.05, 0) is 34.6 Å². The summed E-state index contributed by atoms with van der Waals surface area (Å²) >= 11 is 0. The third-order valence-corrected chi connectivity index (χ3v) is 6.32. The Kier molecular flexibility index (Phi) is 8.73. The minimum Gasteiger partial charge on any atom is -0.347 e. The summed E-state index contributed by atoms with van der Waals surface area (Å²) in [6, 6.07) is 30.0. The fourth-order valence-corrected chi connectivity index (χ4v) is 4.53. The molecular weight excluding hydrogens is 393 g/mol. The van der Waals surface area contributed by atoms with Crippen LogP contribution in [-0.2, 0) is 28.6 Å². The zero-order valence-electron chi connectivity index (χ0n) is 17.3. The molecule has 0 saturated carbocycles. The number of hydrogen-bond acceptors (Lipinski definition) is 4. The van der Waals surface area contributed by atoms with Crippen molar-refractivity contribution in [1.29, 1.82) is 0 Å². The summed E-state index contributed by atoms with van der Waals surface area (Å²) in [6.07, 6.45) is 0.579. The Morgan fingerprint density at radius 3 is 1.67 bits per heavy atom. The van der Waals surface area contributed by atoms with E-state index >= 15 is 0 Å². The molecule has 0 spiro atoms. The second kappa shape index (κ2) is 11.7. The van der Waals surface area contributed by atoms with Crippen LogP contribution in [0, 0.1) is 0 Å². The van der Waals surface area contributed by atoms with Crippen LogP contribution in [0.2, 0.25) is 0 Å². The van der Waals surface area contributed by atoms with Gasteiger partial charge in [0.05, 0.1) is 12.6 Å². The van der Waals surface area contributed by atoms with E-state index in [9.17, 15) is 9.67 Å². The summed E-state index contributed by atoms with van der Waals surface area (Å²) in [4.78, 5) is 2.20. The zero-order chi connectivity index (χ0) is 21.2. The van der Waals surface area contributed by atoms with Gasteiger partial charge in [0.2, 0.25) is 0 Å². The quantitative estimate of drug-likeness (QED) is 0.421. The summed E-state index contributed by atoms with van der Waals surface area (Å²) in [5, 5.41) is 11.0. The number of aliphatic hydroxyl groups excluding tert-OH is 1. The van der Waals surface area contributed by atoms with Crippen LogP contribution in [0.5, 0.6) is 0 Å². The van der Waals surface area contributed by atoms with Crippen LogP contribution in [0.25, 0.3) is 0 Å². The molecule has 30 heavy (non-hydrogen) atoms. The number of rotatable bonds is 11. The minimum atomic E-state index is -2.20. The Morgan fingerprint density at radius 1 is 0.800 bits per heavy atom. The summed E-state index contributed by atoms with van der Waals surface area (Å²) < 4.78 is 17.9. The molecule has 156 valence electrons. The van der Waals surface area contributed by atoms with Crippen LogP contribution < -0.4 is 0 Å². The van der Waals surface area contributed by atoms with E-state index in [1.54, 1.807) is 6.92 Å². The molecule has 0 aliphatic heterocycles. The Balaban J connectivity index is 1.93. The molecule has 0 amide bonds. The summed E-state index contributed by atoms with van der Waals surface area (Å²) in [6.45, 7) is 3.37. The largest absolute Gasteiger partial charge is 0.542 e. The lowest BCUT2D eigenvalue weighted by Gasteiger charge is -2.31. The SMILES string of the molecule is CCO[P+](=O)[C@H](O)[C@H](Cc1ccccc1)N(Cc1ccccc1)Cc1ccccc1. The molecule has 0 bridgehead atoms. The highest BCUT2D eigenvalue weighted by Gasteiger charge is 2.41. The highest BCUT2D eigenvalue weighted by Crippen LogP contribution is 2.34. The van der Waals surface area contributed by atoms with E-state index in [1.807, 2.05) is 66.7 Å². The molecule has 0 saturated heterocycles. The molecule has 0 aliphatic carbocycles. The Labute approximate surface area is 180 Å². The van der Waals surface area contributed by atoms with E-state index in [2.05, 4.69) is 29.2 Å². The standard InChI is InChI=1S/C25H29NO3P/c1-2-29-30(28)25(27)24(18-21-12-6-3-7-13-21)26(19-22-14-8-4-9-15-22)20-23-16-10-5-11-17-23/h3-17,24-25,27H,2,18-20H2,1H3/q+1/t24-,25-/m0/s1. The molecule has 3 rings (SSSR count). The second-order valence-electron chi connectivity index (χ2n) is 7.25. The molecule has 0 heterocycles. The first-order valence-electron chi connectivity index (χ1n) is 10.3. The molecule has 5 heteroatoms. The highest BCUT2D eigenvalue weighted by atomic mass is 31.1. The molecule has 3 atom stereocenters. The van der Waals surface area contributed by atoms with Crippen molar-refractivity contribution in [3.63, 3.8) is 0 Å². The lowest BCUT2D eigenvalue weighted by Crippen LogP contribution is -2.43. The van der Waals surface area contributed by atoms with Crippen LogP contribution in [0.1, 0.15) is 23.6 Å². The van der Waals surface area contributed by atoms with Crippen molar-refractivity contribution >= 4 is 8.03 Å². The highest BCUT2D eigenvalue weighted by molar-refractivity contribution is 7.39. The average molecular weight is 422 g/mol. The maximum Gasteiger partial charge on any atom is 0.542 e. The van der Waals surface area contributed by atoms with E-state index in [-0.39, 0.29) is 6.04 Å². The van der Waals surface area contributed by atoms with Crippen molar-refractivity contribution in [2.24, 2.45) is 0 Å². The average Bonchev–Trinajstić information content (AvgIpc) is 2.79. The third-order valence-electron chi connectivity index (χ3n) is 5.03. The first kappa shape index (κ1) is 22.3. The van der Waals surface area contributed by atoms with E-state index in [1.165, 1.54) is 0 Å². The van der Waals surface area contributed by atoms with E-state index in [0.717, 1.165) is 16.7 Å². The van der Waals surface area contributed by atoms with Gasteiger partial charge in [-0.3, -0.25) is 4.90 Å². The summed E-state index contributed by atoms with van der Waals surface area (Å²) in [5.41, 5.74) is 3.38. The van der Waals surface area contributed by atoms with Crippen LogP contribution >= 0.6 is 8.03 Å². The molecule has 4 nitrogen and oxygen atoms in total. The molecule has 0 fully saturated rings. The van der Waals surface area contributed by atoms with Gasteiger partial charge in [-0.1, -0.05) is 91.0 Å². The normalized spacial score (nSPS) is 13.8.